The summed E-state index contributed by atoms with van der Waals surface area (Å²) >= 11 is 14.5. The number of rotatable bonds is 12. The fourth-order valence-corrected chi connectivity index (χ4v) is 9.01. The Morgan fingerprint density at radius 1 is 0.934 bits per heavy atom. The number of aryl methyl sites for hydroxylation is 3. The topological polar surface area (TPSA) is 169 Å². The van der Waals surface area contributed by atoms with E-state index in [0.717, 1.165) is 44.4 Å². The Balaban J connectivity index is 0.837. The largest absolute Gasteiger partial charge is 0.457 e. The molecule has 6 aromatic rings. The molecule has 0 spiro atoms. The number of aromatic nitrogens is 3. The van der Waals surface area contributed by atoms with E-state index in [1.54, 1.807) is 59.9 Å². The second-order valence-electron chi connectivity index (χ2n) is 14.8. The molecule has 0 radical (unpaired) electrons. The number of nitrogens with one attached hydrogen (secondary N) is 4. The quantitative estimate of drug-likeness (QED) is 0.0706. The molecular formula is C45H40Cl2N8O5S. The van der Waals surface area contributed by atoms with Gasteiger partial charge in [-0.05, 0) is 98.3 Å². The van der Waals surface area contributed by atoms with Crippen LogP contribution in [0.25, 0.3) is 5.00 Å². The van der Waals surface area contributed by atoms with Gasteiger partial charge < -0.3 is 20.7 Å². The Labute approximate surface area is 365 Å². The van der Waals surface area contributed by atoms with E-state index in [4.69, 9.17) is 32.9 Å². The molecule has 1 atom stereocenters. The normalized spacial score (nSPS) is 14.2. The molecule has 16 heteroatoms. The van der Waals surface area contributed by atoms with Gasteiger partial charge in [-0.3, -0.25) is 29.3 Å². The highest BCUT2D eigenvalue weighted by atomic mass is 35.5. The Morgan fingerprint density at radius 2 is 1.74 bits per heavy atom. The Bertz CT molecular complexity index is 2750. The van der Waals surface area contributed by atoms with Gasteiger partial charge in [0, 0.05) is 44.8 Å². The van der Waals surface area contributed by atoms with Crippen molar-refractivity contribution in [3.8, 4) is 16.5 Å². The number of hydrogen-bond acceptors (Lipinski definition) is 9. The van der Waals surface area contributed by atoms with Crippen molar-refractivity contribution in [1.29, 1.82) is 0 Å². The number of urea groups is 1. The molecule has 0 saturated heterocycles. The third-order valence-corrected chi connectivity index (χ3v) is 12.3. The fraction of sp³-hybridized carbons (Fsp3) is 0.222. The lowest BCUT2D eigenvalue weighted by molar-refractivity contribution is -0.121. The number of carbonyl (C=O) groups is 4. The van der Waals surface area contributed by atoms with Crippen LogP contribution in [0.15, 0.2) is 89.9 Å². The predicted molar refractivity (Wildman–Crippen MR) is 236 cm³/mol. The standard InChI is InChI=1S/C45H40Cl2N8O5S/c1-24-25(2)61-44-39(24)41(29-12-15-31(46)16-13-29)51-35(42-54-53-26(3)55(42)44)22-37(56)48-18-6-9-28-14-17-32(21-34(28)47)50-45(59)49-23-27-7-4-10-33(19-27)60-36-11-5-8-30-20-38(57)52-43(58)40(30)36/h4-5,7-8,10-17,19,21,35H,6,9,18,20,22-23H2,1-3H3,(H,48,56)(H2,49,50,59)(H,52,57,58)/t35-/m0/s1. The van der Waals surface area contributed by atoms with Crippen LogP contribution in [0.5, 0.6) is 11.5 Å². The van der Waals surface area contributed by atoms with Crippen LogP contribution in [0.4, 0.5) is 10.5 Å². The van der Waals surface area contributed by atoms with Gasteiger partial charge in [0.05, 0.1) is 24.1 Å². The van der Waals surface area contributed by atoms with E-state index in [9.17, 15) is 19.2 Å². The van der Waals surface area contributed by atoms with Crippen molar-refractivity contribution in [2.24, 2.45) is 4.99 Å². The summed E-state index contributed by atoms with van der Waals surface area (Å²) in [6.07, 6.45) is 1.42. The number of ether oxygens (including phenoxy) is 1. The smallest absolute Gasteiger partial charge is 0.319 e. The first-order valence-corrected chi connectivity index (χ1v) is 21.2. The van der Waals surface area contributed by atoms with Gasteiger partial charge in [0.25, 0.3) is 5.91 Å². The Morgan fingerprint density at radius 3 is 2.54 bits per heavy atom. The van der Waals surface area contributed by atoms with Crippen LogP contribution in [0.1, 0.15) is 79.1 Å². The van der Waals surface area contributed by atoms with Gasteiger partial charge in [-0.25, -0.2) is 4.79 Å². The molecule has 0 fully saturated rings. The number of imide groups is 1. The van der Waals surface area contributed by atoms with Crippen LogP contribution in [-0.2, 0) is 29.0 Å². The number of hydrogen-bond donors (Lipinski definition) is 4. The number of halogens is 2. The SMILES string of the molecule is Cc1sc2c(c1C)C(c1ccc(Cl)cc1)=N[C@@H](CC(=O)NCCCc1ccc(NC(=O)NCc3cccc(Oc4cccc5c4C(=O)NC(=O)C5)c3)cc1Cl)c1nnc(C)n1-2. The van der Waals surface area contributed by atoms with Crippen molar-refractivity contribution >= 4 is 69.7 Å². The highest BCUT2D eigenvalue weighted by Gasteiger charge is 2.32. The molecule has 4 aromatic carbocycles. The number of amides is 5. The van der Waals surface area contributed by atoms with Gasteiger partial charge in [-0.2, -0.15) is 0 Å². The minimum absolute atomic E-state index is 0.0873. The van der Waals surface area contributed by atoms with Gasteiger partial charge in [-0.1, -0.05) is 65.7 Å². The molecule has 61 heavy (non-hydrogen) atoms. The molecule has 2 aliphatic rings. The Hall–Kier alpha value is -6.35. The monoisotopic (exact) mass is 874 g/mol. The van der Waals surface area contributed by atoms with Gasteiger partial charge in [-0.15, -0.1) is 21.5 Å². The van der Waals surface area contributed by atoms with Crippen LogP contribution in [0, 0.1) is 20.8 Å². The molecule has 2 aliphatic heterocycles. The van der Waals surface area contributed by atoms with Crippen molar-refractivity contribution in [2.45, 2.75) is 59.0 Å². The van der Waals surface area contributed by atoms with Crippen LogP contribution in [0.2, 0.25) is 10.0 Å². The van der Waals surface area contributed by atoms with Crippen molar-refractivity contribution in [3.63, 3.8) is 0 Å². The molecule has 0 aliphatic carbocycles. The second-order valence-corrected chi connectivity index (χ2v) is 16.8. The third-order valence-electron chi connectivity index (χ3n) is 10.5. The lowest BCUT2D eigenvalue weighted by Crippen LogP contribution is -2.37. The van der Waals surface area contributed by atoms with E-state index in [0.29, 0.717) is 63.6 Å². The van der Waals surface area contributed by atoms with Crippen molar-refractivity contribution in [3.05, 3.63) is 150 Å². The molecule has 0 saturated carbocycles. The third kappa shape index (κ3) is 9.07. The first kappa shape index (κ1) is 41.4. The average molecular weight is 876 g/mol. The maximum atomic E-state index is 13.4. The highest BCUT2D eigenvalue weighted by Crippen LogP contribution is 2.40. The highest BCUT2D eigenvalue weighted by molar-refractivity contribution is 7.15. The zero-order valence-electron chi connectivity index (χ0n) is 33.4. The Kier molecular flexibility index (Phi) is 12.0. The molecular weight excluding hydrogens is 836 g/mol. The van der Waals surface area contributed by atoms with Crippen molar-refractivity contribution in [2.75, 3.05) is 11.9 Å². The number of fused-ring (bicyclic) bond motifs is 4. The van der Waals surface area contributed by atoms with Crippen molar-refractivity contribution in [1.82, 2.24) is 30.7 Å². The summed E-state index contributed by atoms with van der Waals surface area (Å²) in [6.45, 7) is 6.71. The lowest BCUT2D eigenvalue weighted by Gasteiger charge is -2.18. The van der Waals surface area contributed by atoms with Gasteiger partial charge in [0.1, 0.15) is 28.4 Å². The second kappa shape index (κ2) is 17.7. The van der Waals surface area contributed by atoms with E-state index in [-0.39, 0.29) is 31.2 Å². The minimum atomic E-state index is -0.567. The summed E-state index contributed by atoms with van der Waals surface area (Å²) in [6, 6.07) is 24.2. The summed E-state index contributed by atoms with van der Waals surface area (Å²) in [5, 5.41) is 22.0. The summed E-state index contributed by atoms with van der Waals surface area (Å²) < 4.78 is 8.05. The zero-order chi connectivity index (χ0) is 42.8. The number of thiophene rings is 1. The number of nitrogens with zero attached hydrogens (tertiary/aromatic N) is 4. The van der Waals surface area contributed by atoms with Crippen LogP contribution in [0.3, 0.4) is 0 Å². The first-order chi connectivity index (χ1) is 29.4. The average Bonchev–Trinajstić information content (AvgIpc) is 3.71. The molecule has 4 N–H and O–H groups in total. The molecule has 2 aromatic heterocycles. The number of benzene rings is 4. The van der Waals surface area contributed by atoms with Gasteiger partial charge in [0.2, 0.25) is 11.8 Å². The lowest BCUT2D eigenvalue weighted by atomic mass is 9.99. The van der Waals surface area contributed by atoms with Crippen LogP contribution < -0.4 is 26.0 Å². The van der Waals surface area contributed by atoms with E-state index >= 15 is 0 Å². The minimum Gasteiger partial charge on any atom is -0.457 e. The maximum absolute atomic E-state index is 13.4. The maximum Gasteiger partial charge on any atom is 0.319 e. The summed E-state index contributed by atoms with van der Waals surface area (Å²) in [5.41, 5.74) is 6.92. The zero-order valence-corrected chi connectivity index (χ0v) is 35.7. The molecule has 4 heterocycles. The number of aliphatic imine (C=N–C) groups is 1. The predicted octanol–water partition coefficient (Wildman–Crippen LogP) is 8.52. The van der Waals surface area contributed by atoms with Gasteiger partial charge in [0.15, 0.2) is 5.82 Å². The van der Waals surface area contributed by atoms with E-state index in [1.165, 1.54) is 4.88 Å². The van der Waals surface area contributed by atoms with Crippen molar-refractivity contribution < 1.29 is 23.9 Å². The molecule has 5 amide bonds. The van der Waals surface area contributed by atoms with E-state index in [1.807, 2.05) is 47.9 Å². The number of carbonyl (C=O) groups excluding carboxylic acids is 4. The molecule has 310 valence electrons. The first-order valence-electron chi connectivity index (χ1n) is 19.6. The molecule has 8 rings (SSSR count). The van der Waals surface area contributed by atoms with Crippen LogP contribution >= 0.6 is 34.5 Å². The van der Waals surface area contributed by atoms with Gasteiger partial charge >= 0.3 is 6.03 Å². The van der Waals surface area contributed by atoms with Crippen LogP contribution in [-0.4, -0.2) is 50.8 Å². The summed E-state index contributed by atoms with van der Waals surface area (Å²) in [5.74, 6) is 1.14. The summed E-state index contributed by atoms with van der Waals surface area (Å²) in [4.78, 5) is 56.9. The molecule has 13 nitrogen and oxygen atoms in total. The molecule has 0 bridgehead atoms. The van der Waals surface area contributed by atoms with E-state index in [2.05, 4.69) is 45.3 Å². The fourth-order valence-electron chi connectivity index (χ4n) is 7.39. The summed E-state index contributed by atoms with van der Waals surface area (Å²) in [7, 11) is 0. The van der Waals surface area contributed by atoms with E-state index < -0.39 is 18.0 Å². The number of anilines is 1. The molecule has 0 unspecified atom stereocenters.